The first-order chi connectivity index (χ1) is 12.6. The molecule has 1 aliphatic heterocycles. The average Bonchev–Trinajstić information content (AvgIpc) is 3.04. The van der Waals surface area contributed by atoms with E-state index < -0.39 is 11.7 Å². The van der Waals surface area contributed by atoms with Crippen molar-refractivity contribution in [3.8, 4) is 0 Å². The topological polar surface area (TPSA) is 62.5 Å². The number of nitrogens with one attached hydrogen (secondary N) is 1. The summed E-state index contributed by atoms with van der Waals surface area (Å²) in [6.45, 7) is 3.19. The molecule has 1 amide bonds. The largest absolute Gasteiger partial charge is 0.354 e. The van der Waals surface area contributed by atoms with E-state index in [1.807, 2.05) is 18.2 Å². The van der Waals surface area contributed by atoms with Crippen LogP contribution in [0.2, 0.25) is 0 Å². The van der Waals surface area contributed by atoms with Gasteiger partial charge in [-0.3, -0.25) is 10.1 Å². The van der Waals surface area contributed by atoms with Crippen LogP contribution in [0.4, 0.5) is 16.2 Å². The fourth-order valence-corrected chi connectivity index (χ4v) is 3.40. The van der Waals surface area contributed by atoms with E-state index in [1.54, 1.807) is 10.6 Å². The summed E-state index contributed by atoms with van der Waals surface area (Å²) in [5.41, 5.74) is 0.892. The van der Waals surface area contributed by atoms with Crippen molar-refractivity contribution in [2.45, 2.75) is 32.2 Å². The van der Waals surface area contributed by atoms with E-state index in [-0.39, 0.29) is 11.5 Å². The minimum Gasteiger partial charge on any atom is -0.354 e. The molecule has 3 heterocycles. The second-order valence-electron chi connectivity index (χ2n) is 6.59. The molecule has 0 bridgehead atoms. The predicted molar refractivity (Wildman–Crippen MR) is 98.0 cm³/mol. The number of aromatic nitrogens is 3. The van der Waals surface area contributed by atoms with Crippen LogP contribution in [-0.4, -0.2) is 33.1 Å². The van der Waals surface area contributed by atoms with Gasteiger partial charge in [-0.05, 0) is 56.5 Å². The van der Waals surface area contributed by atoms with E-state index in [9.17, 15) is 9.18 Å². The van der Waals surface area contributed by atoms with Crippen LogP contribution in [0.3, 0.4) is 0 Å². The Hall–Kier alpha value is -2.96. The van der Waals surface area contributed by atoms with Gasteiger partial charge in [-0.25, -0.2) is 4.39 Å². The summed E-state index contributed by atoms with van der Waals surface area (Å²) in [5, 5.41) is 7.10. The highest BCUT2D eigenvalue weighted by molar-refractivity contribution is 6.03. The van der Waals surface area contributed by atoms with Crippen molar-refractivity contribution in [1.82, 2.24) is 14.6 Å². The van der Waals surface area contributed by atoms with Crippen LogP contribution in [0, 0.1) is 5.82 Å². The molecule has 2 aromatic heterocycles. The van der Waals surface area contributed by atoms with Gasteiger partial charge in [0, 0.05) is 18.2 Å². The fourth-order valence-electron chi connectivity index (χ4n) is 3.40. The lowest BCUT2D eigenvalue weighted by Gasteiger charge is -2.35. The molecule has 3 aromatic rings. The zero-order valence-corrected chi connectivity index (χ0v) is 14.5. The normalized spacial score (nSPS) is 17.5. The van der Waals surface area contributed by atoms with Crippen molar-refractivity contribution in [3.05, 3.63) is 53.8 Å². The molecular weight excluding hydrogens is 333 g/mol. The van der Waals surface area contributed by atoms with E-state index in [0.717, 1.165) is 25.2 Å². The quantitative estimate of drug-likeness (QED) is 0.783. The zero-order chi connectivity index (χ0) is 18.1. The Labute approximate surface area is 150 Å². The van der Waals surface area contributed by atoms with Crippen LogP contribution in [0.5, 0.6) is 0 Å². The number of hydrogen-bond acceptors (Lipinski definition) is 4. The lowest BCUT2D eigenvalue weighted by molar-refractivity contribution is 0.102. The third-order valence-corrected chi connectivity index (χ3v) is 4.75. The van der Waals surface area contributed by atoms with E-state index >= 15 is 0 Å². The molecule has 1 fully saturated rings. The van der Waals surface area contributed by atoms with Crippen LogP contribution in [0.15, 0.2) is 42.5 Å². The number of anilines is 2. The van der Waals surface area contributed by atoms with Gasteiger partial charge in [0.2, 0.25) is 5.95 Å². The number of rotatable bonds is 3. The predicted octanol–water partition coefficient (Wildman–Crippen LogP) is 3.50. The molecule has 4 rings (SSSR count). The van der Waals surface area contributed by atoms with E-state index in [4.69, 9.17) is 0 Å². The lowest BCUT2D eigenvalue weighted by Crippen LogP contribution is -2.38. The Morgan fingerprint density at radius 1 is 1.23 bits per heavy atom. The summed E-state index contributed by atoms with van der Waals surface area (Å²) < 4.78 is 15.1. The second-order valence-corrected chi connectivity index (χ2v) is 6.59. The highest BCUT2D eigenvalue weighted by Crippen LogP contribution is 2.25. The number of hydrogen-bond donors (Lipinski definition) is 1. The van der Waals surface area contributed by atoms with Crippen LogP contribution < -0.4 is 10.2 Å². The number of carbonyl (C=O) groups excluding carboxylic acids is 1. The van der Waals surface area contributed by atoms with Gasteiger partial charge in [0.25, 0.3) is 5.91 Å². The highest BCUT2D eigenvalue weighted by Gasteiger charge is 2.22. The SMILES string of the molecule is CC1CCCCN1c1cccc2nc(NC(=O)c3cccc(F)c3)nn12. The molecule has 0 radical (unpaired) electrons. The van der Waals surface area contributed by atoms with Crippen LogP contribution in [-0.2, 0) is 0 Å². The third-order valence-electron chi connectivity index (χ3n) is 4.75. The molecule has 1 saturated heterocycles. The summed E-state index contributed by atoms with van der Waals surface area (Å²) in [5.74, 6) is 0.278. The Morgan fingerprint density at radius 2 is 2.08 bits per heavy atom. The minimum absolute atomic E-state index is 0.205. The van der Waals surface area contributed by atoms with Crippen LogP contribution in [0.1, 0.15) is 36.5 Å². The molecule has 26 heavy (non-hydrogen) atoms. The molecule has 0 spiro atoms. The van der Waals surface area contributed by atoms with Crippen LogP contribution in [0.25, 0.3) is 5.65 Å². The van der Waals surface area contributed by atoms with E-state index in [0.29, 0.717) is 11.7 Å². The molecule has 1 atom stereocenters. The monoisotopic (exact) mass is 353 g/mol. The fraction of sp³-hybridized carbons (Fsp3) is 0.316. The maximum atomic E-state index is 13.3. The van der Waals surface area contributed by atoms with Gasteiger partial charge in [-0.15, -0.1) is 5.10 Å². The van der Waals surface area contributed by atoms with Crippen LogP contribution >= 0.6 is 0 Å². The van der Waals surface area contributed by atoms with E-state index in [2.05, 4.69) is 27.2 Å². The number of benzene rings is 1. The van der Waals surface area contributed by atoms with Gasteiger partial charge in [0.15, 0.2) is 5.65 Å². The second kappa shape index (κ2) is 6.74. The number of piperidine rings is 1. The first-order valence-electron chi connectivity index (χ1n) is 8.81. The summed E-state index contributed by atoms with van der Waals surface area (Å²) in [7, 11) is 0. The van der Waals surface area contributed by atoms with Crippen molar-refractivity contribution in [2.24, 2.45) is 0 Å². The molecule has 1 unspecified atom stereocenters. The summed E-state index contributed by atoms with van der Waals surface area (Å²) in [4.78, 5) is 19.0. The average molecular weight is 353 g/mol. The van der Waals surface area contributed by atoms with Crippen molar-refractivity contribution < 1.29 is 9.18 Å². The molecule has 1 aromatic carbocycles. The summed E-state index contributed by atoms with van der Waals surface area (Å²) in [6, 6.07) is 11.8. The number of fused-ring (bicyclic) bond motifs is 1. The molecule has 0 saturated carbocycles. The van der Waals surface area contributed by atoms with Crippen molar-refractivity contribution >= 4 is 23.3 Å². The Bertz CT molecular complexity index is 954. The summed E-state index contributed by atoms with van der Waals surface area (Å²) in [6.07, 6.45) is 3.53. The molecule has 1 aliphatic rings. The Kier molecular flexibility index (Phi) is 4.28. The number of nitrogens with zero attached hydrogens (tertiary/aromatic N) is 4. The van der Waals surface area contributed by atoms with Crippen molar-refractivity contribution in [2.75, 3.05) is 16.8 Å². The highest BCUT2D eigenvalue weighted by atomic mass is 19.1. The first-order valence-corrected chi connectivity index (χ1v) is 8.81. The Morgan fingerprint density at radius 3 is 2.88 bits per heavy atom. The number of carbonyl (C=O) groups is 1. The van der Waals surface area contributed by atoms with Gasteiger partial charge in [0.05, 0.1) is 0 Å². The van der Waals surface area contributed by atoms with Gasteiger partial charge in [0.1, 0.15) is 11.6 Å². The van der Waals surface area contributed by atoms with Crippen molar-refractivity contribution in [3.63, 3.8) is 0 Å². The zero-order valence-electron chi connectivity index (χ0n) is 14.5. The third kappa shape index (κ3) is 3.12. The van der Waals surface area contributed by atoms with Gasteiger partial charge in [-0.1, -0.05) is 12.1 Å². The molecular formula is C19H20FN5O. The van der Waals surface area contributed by atoms with Gasteiger partial charge >= 0.3 is 0 Å². The number of amides is 1. The standard InChI is InChI=1S/C19H20FN5O/c1-13-6-2-3-11-24(13)17-10-5-9-16-21-19(23-25(16)17)22-18(26)14-7-4-8-15(20)12-14/h4-5,7-10,12-13H,2-3,6,11H2,1H3,(H,22,23,26). The van der Waals surface area contributed by atoms with Crippen molar-refractivity contribution in [1.29, 1.82) is 0 Å². The van der Waals surface area contributed by atoms with E-state index in [1.165, 1.54) is 24.6 Å². The number of pyridine rings is 1. The smallest absolute Gasteiger partial charge is 0.258 e. The van der Waals surface area contributed by atoms with Gasteiger partial charge < -0.3 is 4.90 Å². The molecule has 0 aliphatic carbocycles. The molecule has 7 heteroatoms. The number of halogens is 1. The molecule has 1 N–H and O–H groups in total. The summed E-state index contributed by atoms with van der Waals surface area (Å²) >= 11 is 0. The van der Waals surface area contributed by atoms with Gasteiger partial charge in [-0.2, -0.15) is 9.50 Å². The molecule has 134 valence electrons. The Balaban J connectivity index is 1.63. The maximum Gasteiger partial charge on any atom is 0.258 e. The molecule has 6 nitrogen and oxygen atoms in total. The maximum absolute atomic E-state index is 13.3. The lowest BCUT2D eigenvalue weighted by atomic mass is 10.0. The minimum atomic E-state index is -0.456. The first kappa shape index (κ1) is 16.5.